The lowest BCUT2D eigenvalue weighted by molar-refractivity contribution is 0.0950. The van der Waals surface area contributed by atoms with E-state index in [4.69, 9.17) is 9.47 Å². The fraction of sp³-hybridized carbons (Fsp3) is 0.381. The highest BCUT2D eigenvalue weighted by Gasteiger charge is 2.18. The maximum atomic E-state index is 12.5. The zero-order chi connectivity index (χ0) is 17.1. The first kappa shape index (κ1) is 16.0. The van der Waals surface area contributed by atoms with E-state index in [9.17, 15) is 4.79 Å². The highest BCUT2D eigenvalue weighted by Crippen LogP contribution is 2.27. The Morgan fingerprint density at radius 3 is 2.88 bits per heavy atom. The Bertz CT molecular complexity index is 765. The summed E-state index contributed by atoms with van der Waals surface area (Å²) in [6.07, 6.45) is 5.91. The molecule has 4 nitrogen and oxygen atoms in total. The first-order chi connectivity index (χ1) is 12.3. The number of fused-ring (bicyclic) bond motifs is 1. The normalized spacial score (nSPS) is 16.3. The summed E-state index contributed by atoms with van der Waals surface area (Å²) in [5.41, 5.74) is 2.81. The van der Waals surface area contributed by atoms with Gasteiger partial charge in [0.25, 0.3) is 5.91 Å². The van der Waals surface area contributed by atoms with E-state index in [1.165, 1.54) is 12.8 Å². The molecule has 0 unspecified atom stereocenters. The van der Waals surface area contributed by atoms with Crippen molar-refractivity contribution in [3.8, 4) is 11.5 Å². The molecule has 2 aromatic rings. The Balaban J connectivity index is 1.41. The van der Waals surface area contributed by atoms with Crippen LogP contribution in [0.3, 0.4) is 0 Å². The first-order valence-electron chi connectivity index (χ1n) is 9.08. The molecule has 4 heteroatoms. The highest BCUT2D eigenvalue weighted by atomic mass is 16.5. The monoisotopic (exact) mass is 337 g/mol. The van der Waals surface area contributed by atoms with Gasteiger partial charge in [0.05, 0.1) is 12.7 Å². The minimum atomic E-state index is -0.0645. The summed E-state index contributed by atoms with van der Waals surface area (Å²) in [6, 6.07) is 13.6. The van der Waals surface area contributed by atoms with Crippen molar-refractivity contribution in [3.63, 3.8) is 0 Å². The van der Waals surface area contributed by atoms with Crippen LogP contribution in [0.15, 0.2) is 42.5 Å². The lowest BCUT2D eigenvalue weighted by Crippen LogP contribution is -2.23. The molecule has 0 aromatic heterocycles. The second kappa shape index (κ2) is 7.18. The lowest BCUT2D eigenvalue weighted by Gasteiger charge is -2.17. The molecule has 25 heavy (non-hydrogen) atoms. The number of amides is 1. The molecule has 1 N–H and O–H groups in total. The second-order valence-corrected chi connectivity index (χ2v) is 6.74. The van der Waals surface area contributed by atoms with Gasteiger partial charge in [-0.1, -0.05) is 18.2 Å². The number of ether oxygens (including phenoxy) is 2. The van der Waals surface area contributed by atoms with E-state index in [1.54, 1.807) is 0 Å². The van der Waals surface area contributed by atoms with Gasteiger partial charge in [0.1, 0.15) is 11.5 Å². The smallest absolute Gasteiger partial charge is 0.251 e. The molecule has 130 valence electrons. The van der Waals surface area contributed by atoms with E-state index < -0.39 is 0 Å². The van der Waals surface area contributed by atoms with Crippen molar-refractivity contribution in [2.24, 2.45) is 0 Å². The van der Waals surface area contributed by atoms with Crippen molar-refractivity contribution in [1.82, 2.24) is 5.32 Å². The number of para-hydroxylation sites is 1. The summed E-state index contributed by atoms with van der Waals surface area (Å²) >= 11 is 0. The molecule has 0 bridgehead atoms. The van der Waals surface area contributed by atoms with Crippen molar-refractivity contribution in [2.75, 3.05) is 6.61 Å². The van der Waals surface area contributed by atoms with Gasteiger partial charge in [0.2, 0.25) is 0 Å². The number of rotatable bonds is 5. The highest BCUT2D eigenvalue weighted by molar-refractivity contribution is 5.94. The summed E-state index contributed by atoms with van der Waals surface area (Å²) in [6.45, 7) is 1.17. The predicted octanol–water partition coefficient (Wildman–Crippen LogP) is 3.87. The standard InChI is InChI=1S/C21H23NO3/c23-21(16-9-10-19-15(13-16)11-12-24-19)22-14-17-5-1-4-8-20(17)25-18-6-2-3-7-18/h1,4-5,8-10,13,18H,2-3,6-7,11-12,14H2,(H,22,23). The second-order valence-electron chi connectivity index (χ2n) is 6.74. The van der Waals surface area contributed by atoms with Crippen molar-refractivity contribution >= 4 is 5.91 Å². The summed E-state index contributed by atoms with van der Waals surface area (Å²) in [7, 11) is 0. The van der Waals surface area contributed by atoms with Crippen LogP contribution in [-0.2, 0) is 13.0 Å². The predicted molar refractivity (Wildman–Crippen MR) is 96.1 cm³/mol. The van der Waals surface area contributed by atoms with E-state index in [2.05, 4.69) is 5.32 Å². The summed E-state index contributed by atoms with van der Waals surface area (Å²) < 4.78 is 11.6. The third kappa shape index (κ3) is 3.63. The summed E-state index contributed by atoms with van der Waals surface area (Å²) in [5, 5.41) is 3.01. The zero-order valence-corrected chi connectivity index (χ0v) is 14.3. The molecule has 0 saturated heterocycles. The molecule has 2 aliphatic rings. The van der Waals surface area contributed by atoms with Gasteiger partial charge < -0.3 is 14.8 Å². The summed E-state index contributed by atoms with van der Waals surface area (Å²) in [4.78, 5) is 12.5. The van der Waals surface area contributed by atoms with Crippen molar-refractivity contribution in [2.45, 2.75) is 44.8 Å². The van der Waals surface area contributed by atoms with Crippen molar-refractivity contribution < 1.29 is 14.3 Å². The molecule has 4 rings (SSSR count). The fourth-order valence-electron chi connectivity index (χ4n) is 3.56. The minimum absolute atomic E-state index is 0.0645. The van der Waals surface area contributed by atoms with E-state index in [1.807, 2.05) is 42.5 Å². The van der Waals surface area contributed by atoms with E-state index in [0.29, 0.717) is 24.8 Å². The average Bonchev–Trinajstić information content (AvgIpc) is 3.31. The van der Waals surface area contributed by atoms with Crippen molar-refractivity contribution in [1.29, 1.82) is 0 Å². The topological polar surface area (TPSA) is 47.6 Å². The summed E-state index contributed by atoms with van der Waals surface area (Å²) in [5.74, 6) is 1.72. The molecular weight excluding hydrogens is 314 g/mol. The first-order valence-corrected chi connectivity index (χ1v) is 9.08. The van der Waals surface area contributed by atoms with Gasteiger partial charge in [0, 0.05) is 24.1 Å². The van der Waals surface area contributed by atoms with E-state index >= 15 is 0 Å². The van der Waals surface area contributed by atoms with Crippen LogP contribution in [0.5, 0.6) is 11.5 Å². The lowest BCUT2D eigenvalue weighted by atomic mass is 10.1. The molecule has 0 radical (unpaired) electrons. The Hall–Kier alpha value is -2.49. The molecule has 0 spiro atoms. The number of benzene rings is 2. The Morgan fingerprint density at radius 1 is 1.16 bits per heavy atom. The van der Waals surface area contributed by atoms with Gasteiger partial charge in [-0.15, -0.1) is 0 Å². The minimum Gasteiger partial charge on any atom is -0.493 e. The third-order valence-electron chi connectivity index (χ3n) is 4.96. The Morgan fingerprint density at radius 2 is 2.00 bits per heavy atom. The van der Waals surface area contributed by atoms with Gasteiger partial charge in [0.15, 0.2) is 0 Å². The molecule has 0 atom stereocenters. The molecule has 1 saturated carbocycles. The molecule has 2 aromatic carbocycles. The molecule has 1 aliphatic heterocycles. The maximum absolute atomic E-state index is 12.5. The molecule has 1 heterocycles. The van der Waals surface area contributed by atoms with Gasteiger partial charge in [-0.05, 0) is 55.5 Å². The average molecular weight is 337 g/mol. The third-order valence-corrected chi connectivity index (χ3v) is 4.96. The van der Waals surface area contributed by atoms with Crippen molar-refractivity contribution in [3.05, 3.63) is 59.2 Å². The van der Waals surface area contributed by atoms with E-state index in [0.717, 1.165) is 41.9 Å². The maximum Gasteiger partial charge on any atom is 0.251 e. The molecule has 1 fully saturated rings. The number of hydrogen-bond acceptors (Lipinski definition) is 3. The van der Waals surface area contributed by atoms with Gasteiger partial charge in [-0.3, -0.25) is 4.79 Å². The molecule has 1 amide bonds. The van der Waals surface area contributed by atoms with Crippen LogP contribution in [0, 0.1) is 0 Å². The van der Waals surface area contributed by atoms with E-state index in [-0.39, 0.29) is 5.91 Å². The van der Waals surface area contributed by atoms with Gasteiger partial charge in [-0.25, -0.2) is 0 Å². The number of carbonyl (C=O) groups is 1. The molecular formula is C21H23NO3. The van der Waals surface area contributed by atoms with Crippen LogP contribution in [0.1, 0.15) is 47.2 Å². The van der Waals surface area contributed by atoms with Gasteiger partial charge in [-0.2, -0.15) is 0 Å². The fourth-order valence-corrected chi connectivity index (χ4v) is 3.56. The zero-order valence-electron chi connectivity index (χ0n) is 14.3. The Labute approximate surface area is 148 Å². The largest absolute Gasteiger partial charge is 0.493 e. The quantitative estimate of drug-likeness (QED) is 0.901. The van der Waals surface area contributed by atoms with Crippen LogP contribution in [0.25, 0.3) is 0 Å². The van der Waals surface area contributed by atoms with Crippen LogP contribution in [-0.4, -0.2) is 18.6 Å². The number of hydrogen-bond donors (Lipinski definition) is 1. The Kier molecular flexibility index (Phi) is 4.59. The van der Waals surface area contributed by atoms with Crippen LogP contribution >= 0.6 is 0 Å². The van der Waals surface area contributed by atoms with Crippen LogP contribution < -0.4 is 14.8 Å². The number of carbonyl (C=O) groups excluding carboxylic acids is 1. The van der Waals surface area contributed by atoms with Crippen LogP contribution in [0.4, 0.5) is 0 Å². The number of nitrogens with one attached hydrogen (secondary N) is 1. The molecule has 1 aliphatic carbocycles. The van der Waals surface area contributed by atoms with Crippen LogP contribution in [0.2, 0.25) is 0 Å². The SMILES string of the molecule is O=C(NCc1ccccc1OC1CCCC1)c1ccc2c(c1)CCO2. The van der Waals surface area contributed by atoms with Gasteiger partial charge >= 0.3 is 0 Å².